The van der Waals surface area contributed by atoms with Gasteiger partial charge < -0.3 is 0 Å². The minimum atomic E-state index is -4.87. The van der Waals surface area contributed by atoms with Gasteiger partial charge >= 0.3 is 6.18 Å². The van der Waals surface area contributed by atoms with Gasteiger partial charge in [-0.3, -0.25) is 4.79 Å². The fraction of sp³-hybridized carbons (Fsp3) is 0.385. The van der Waals surface area contributed by atoms with Crippen molar-refractivity contribution in [2.45, 2.75) is 25.9 Å². The molecule has 0 saturated heterocycles. The minimum Gasteiger partial charge on any atom is -0.293 e. The van der Waals surface area contributed by atoms with E-state index in [1.165, 1.54) is 0 Å². The molecule has 0 heterocycles. The van der Waals surface area contributed by atoms with E-state index in [1.807, 2.05) is 0 Å². The normalized spacial score (nSPS) is 12.8. The Balaban J connectivity index is 3.16. The molecular weight excluding hydrogens is 262 g/mol. The summed E-state index contributed by atoms with van der Waals surface area (Å²) < 4.78 is 50.6. The van der Waals surface area contributed by atoms with Crippen LogP contribution < -0.4 is 0 Å². The lowest BCUT2D eigenvalue weighted by Gasteiger charge is -2.11. The van der Waals surface area contributed by atoms with Crippen molar-refractivity contribution < 1.29 is 22.4 Å². The lowest BCUT2D eigenvalue weighted by molar-refractivity contribution is -0.140. The van der Waals surface area contributed by atoms with E-state index in [9.17, 15) is 22.4 Å². The second kappa shape index (κ2) is 5.83. The highest BCUT2D eigenvalue weighted by molar-refractivity contribution is 5.99. The Hall–Kier alpha value is -1.90. The molecule has 0 spiro atoms. The Bertz CT molecular complexity index is 516. The molecule has 0 aliphatic rings. The van der Waals surface area contributed by atoms with Crippen LogP contribution in [0.25, 0.3) is 0 Å². The topological polar surface area (TPSA) is 40.9 Å². The summed E-state index contributed by atoms with van der Waals surface area (Å²) in [6.45, 7) is 1.75. The molecule has 6 heteroatoms. The second-order valence-corrected chi connectivity index (χ2v) is 4.03. The van der Waals surface area contributed by atoms with E-state index in [0.717, 1.165) is 6.07 Å². The van der Waals surface area contributed by atoms with Gasteiger partial charge in [-0.15, -0.1) is 0 Å². The van der Waals surface area contributed by atoms with Crippen LogP contribution in [-0.4, -0.2) is 5.78 Å². The molecule has 102 valence electrons. The number of rotatable bonds is 4. The van der Waals surface area contributed by atoms with Crippen LogP contribution in [0.4, 0.5) is 17.6 Å². The smallest absolute Gasteiger partial charge is 0.293 e. The number of carbonyl (C=O) groups is 1. The summed E-state index contributed by atoms with van der Waals surface area (Å²) in [6, 6.07) is 3.76. The molecular formula is C13H11F4NO. The van der Waals surface area contributed by atoms with E-state index in [1.54, 1.807) is 13.0 Å². The maximum Gasteiger partial charge on any atom is 0.419 e. The lowest BCUT2D eigenvalue weighted by atomic mass is 9.94. The van der Waals surface area contributed by atoms with Crippen LogP contribution in [0.3, 0.4) is 0 Å². The average molecular weight is 273 g/mol. The number of Topliss-reactive ketones (excluding diaryl/α,β-unsaturated/α-hetero) is 1. The Morgan fingerprint density at radius 1 is 1.42 bits per heavy atom. The summed E-state index contributed by atoms with van der Waals surface area (Å²) in [6.07, 6.45) is -4.06. The first-order valence-corrected chi connectivity index (χ1v) is 5.61. The fourth-order valence-corrected chi connectivity index (χ4v) is 1.64. The third-order valence-corrected chi connectivity index (χ3v) is 2.61. The van der Waals surface area contributed by atoms with Crippen LogP contribution in [0.1, 0.15) is 35.7 Å². The van der Waals surface area contributed by atoms with Crippen molar-refractivity contribution in [3.8, 4) is 6.07 Å². The largest absolute Gasteiger partial charge is 0.419 e. The summed E-state index contributed by atoms with van der Waals surface area (Å²) >= 11 is 0. The van der Waals surface area contributed by atoms with Crippen molar-refractivity contribution in [2.75, 3.05) is 0 Å². The molecule has 19 heavy (non-hydrogen) atoms. The minimum absolute atomic E-state index is 0.258. The summed E-state index contributed by atoms with van der Waals surface area (Å²) in [7, 11) is 0. The molecule has 1 aromatic carbocycles. The summed E-state index contributed by atoms with van der Waals surface area (Å²) in [5, 5.41) is 8.81. The Morgan fingerprint density at radius 2 is 2.05 bits per heavy atom. The Kier molecular flexibility index (Phi) is 4.65. The predicted octanol–water partition coefficient (Wildman–Crippen LogP) is 3.97. The highest BCUT2D eigenvalue weighted by atomic mass is 19.4. The zero-order valence-corrected chi connectivity index (χ0v) is 10.1. The lowest BCUT2D eigenvalue weighted by Crippen LogP contribution is -2.15. The molecule has 0 fully saturated rings. The molecule has 1 unspecified atom stereocenters. The molecule has 0 saturated carbocycles. The number of alkyl halides is 3. The van der Waals surface area contributed by atoms with Gasteiger partial charge in [-0.25, -0.2) is 4.39 Å². The maximum atomic E-state index is 13.1. The molecule has 2 nitrogen and oxygen atoms in total. The maximum absolute atomic E-state index is 13.1. The van der Waals surface area contributed by atoms with Gasteiger partial charge in [-0.1, -0.05) is 13.3 Å². The van der Waals surface area contributed by atoms with Crippen molar-refractivity contribution in [1.29, 1.82) is 5.26 Å². The number of ketones is 1. The molecule has 0 N–H and O–H groups in total. The summed E-state index contributed by atoms with van der Waals surface area (Å²) in [4.78, 5) is 11.8. The number of nitrogens with zero attached hydrogens (tertiary/aromatic N) is 1. The molecule has 0 aliphatic carbocycles. The van der Waals surface area contributed by atoms with Crippen molar-refractivity contribution in [3.63, 3.8) is 0 Å². The van der Waals surface area contributed by atoms with Gasteiger partial charge in [0.1, 0.15) is 11.7 Å². The third-order valence-electron chi connectivity index (χ3n) is 2.61. The van der Waals surface area contributed by atoms with Crippen LogP contribution in [0.2, 0.25) is 0 Å². The number of carbonyl (C=O) groups excluding carboxylic acids is 1. The molecule has 0 aromatic heterocycles. The molecule has 0 amide bonds. The molecule has 0 aliphatic heterocycles. The first kappa shape index (κ1) is 15.2. The van der Waals surface area contributed by atoms with Gasteiger partial charge in [0.05, 0.1) is 11.6 Å². The number of benzene rings is 1. The molecule has 0 bridgehead atoms. The van der Waals surface area contributed by atoms with Crippen molar-refractivity contribution in [3.05, 3.63) is 35.1 Å². The first-order chi connectivity index (χ1) is 8.81. The van der Waals surface area contributed by atoms with E-state index < -0.39 is 29.3 Å². The molecule has 1 rings (SSSR count). The fourth-order valence-electron chi connectivity index (χ4n) is 1.64. The van der Waals surface area contributed by atoms with E-state index >= 15 is 0 Å². The summed E-state index contributed by atoms with van der Waals surface area (Å²) in [5.41, 5.74) is -1.79. The average Bonchev–Trinajstić information content (AvgIpc) is 2.34. The summed E-state index contributed by atoms with van der Waals surface area (Å²) in [5.74, 6) is -3.15. The SMILES string of the molecule is CCCC(C#N)C(=O)c1ccc(F)c(C(F)(F)F)c1. The van der Waals surface area contributed by atoms with Crippen LogP contribution in [0.5, 0.6) is 0 Å². The first-order valence-electron chi connectivity index (χ1n) is 5.61. The van der Waals surface area contributed by atoms with Gasteiger partial charge in [0, 0.05) is 5.56 Å². The molecule has 1 aromatic rings. The quantitative estimate of drug-likeness (QED) is 0.615. The van der Waals surface area contributed by atoms with Crippen molar-refractivity contribution in [1.82, 2.24) is 0 Å². The van der Waals surface area contributed by atoms with Crippen LogP contribution in [0.15, 0.2) is 18.2 Å². The van der Waals surface area contributed by atoms with E-state index in [2.05, 4.69) is 0 Å². The number of nitriles is 1. The molecule has 0 radical (unpaired) electrons. The van der Waals surface area contributed by atoms with Gasteiger partial charge in [-0.05, 0) is 24.6 Å². The number of halogens is 4. The zero-order valence-electron chi connectivity index (χ0n) is 10.1. The Labute approximate surface area is 107 Å². The second-order valence-electron chi connectivity index (χ2n) is 4.03. The monoisotopic (exact) mass is 273 g/mol. The van der Waals surface area contributed by atoms with E-state index in [0.29, 0.717) is 18.6 Å². The predicted molar refractivity (Wildman–Crippen MR) is 59.7 cm³/mol. The van der Waals surface area contributed by atoms with E-state index in [-0.39, 0.29) is 12.0 Å². The van der Waals surface area contributed by atoms with Gasteiger partial charge in [-0.2, -0.15) is 18.4 Å². The highest BCUT2D eigenvalue weighted by Gasteiger charge is 2.35. The van der Waals surface area contributed by atoms with E-state index in [4.69, 9.17) is 5.26 Å². The van der Waals surface area contributed by atoms with Gasteiger partial charge in [0.15, 0.2) is 5.78 Å². The standard InChI is InChI=1S/C13H11F4NO/c1-2-3-9(7-18)12(19)8-4-5-11(14)10(6-8)13(15,16)17/h4-6,9H,2-3H2,1H3. The molecule has 1 atom stereocenters. The van der Waals surface area contributed by atoms with Gasteiger partial charge in [0.25, 0.3) is 0 Å². The van der Waals surface area contributed by atoms with Crippen molar-refractivity contribution in [2.24, 2.45) is 5.92 Å². The van der Waals surface area contributed by atoms with Crippen molar-refractivity contribution >= 4 is 5.78 Å². The highest BCUT2D eigenvalue weighted by Crippen LogP contribution is 2.32. The third kappa shape index (κ3) is 3.53. The Morgan fingerprint density at radius 3 is 2.53 bits per heavy atom. The van der Waals surface area contributed by atoms with Gasteiger partial charge in [0.2, 0.25) is 0 Å². The zero-order chi connectivity index (χ0) is 14.6. The van der Waals surface area contributed by atoms with Crippen LogP contribution in [0, 0.1) is 23.1 Å². The van der Waals surface area contributed by atoms with Crippen LogP contribution in [-0.2, 0) is 6.18 Å². The van der Waals surface area contributed by atoms with Crippen LogP contribution >= 0.6 is 0 Å². The number of hydrogen-bond donors (Lipinski definition) is 0. The number of hydrogen-bond acceptors (Lipinski definition) is 2.